The van der Waals surface area contributed by atoms with Gasteiger partial charge in [0, 0.05) is 28.4 Å². The number of amides is 1. The summed E-state index contributed by atoms with van der Waals surface area (Å²) in [4.78, 5) is 21.5. The summed E-state index contributed by atoms with van der Waals surface area (Å²) in [5.41, 5.74) is 1.94. The molecular weight excluding hydrogens is 416 g/mol. The van der Waals surface area contributed by atoms with Gasteiger partial charge in [0.25, 0.3) is 5.91 Å². The molecule has 1 aromatic carbocycles. The predicted octanol–water partition coefficient (Wildman–Crippen LogP) is 5.11. The molecule has 0 aliphatic carbocycles. The zero-order valence-corrected chi connectivity index (χ0v) is 19.1. The Labute approximate surface area is 185 Å². The lowest BCUT2D eigenvalue weighted by Gasteiger charge is -2.27. The van der Waals surface area contributed by atoms with E-state index in [1.807, 2.05) is 18.2 Å². The number of morpholine rings is 1. The highest BCUT2D eigenvalue weighted by molar-refractivity contribution is 8.18. The fourth-order valence-electron chi connectivity index (χ4n) is 3.42. The third-order valence-electron chi connectivity index (χ3n) is 5.69. The molecule has 1 N–H and O–H groups in total. The molecule has 4 rings (SSSR count). The molecule has 2 aromatic rings. The number of phenolic OH excluding ortho intramolecular Hbond substituents is 1. The van der Waals surface area contributed by atoms with Crippen LogP contribution < -0.4 is 0 Å². The van der Waals surface area contributed by atoms with Crippen LogP contribution in [0.2, 0.25) is 0 Å². The van der Waals surface area contributed by atoms with E-state index in [-0.39, 0.29) is 11.3 Å². The standard InChI is InChI=1S/C23H26N2O3S2/c1-4-23(2,3)17-13-15(5-7-18(17)26)19-8-6-16(29-19)14-20-21(27)24-22(30-20)25-9-11-28-12-10-25/h5-8,13-14,26H,4,9-12H2,1-3H3/b20-14+. The first kappa shape index (κ1) is 21.2. The third-order valence-corrected chi connectivity index (χ3v) is 7.81. The lowest BCUT2D eigenvalue weighted by molar-refractivity contribution is -0.113. The molecule has 1 aromatic heterocycles. The Morgan fingerprint density at radius 1 is 1.23 bits per heavy atom. The van der Waals surface area contributed by atoms with E-state index in [0.717, 1.165) is 45.6 Å². The van der Waals surface area contributed by atoms with Gasteiger partial charge < -0.3 is 14.7 Å². The Balaban J connectivity index is 1.54. The zero-order valence-electron chi connectivity index (χ0n) is 17.5. The summed E-state index contributed by atoms with van der Waals surface area (Å²) >= 11 is 3.08. The van der Waals surface area contributed by atoms with Crippen LogP contribution in [0.1, 0.15) is 37.6 Å². The van der Waals surface area contributed by atoms with Crippen LogP contribution in [0.4, 0.5) is 0 Å². The van der Waals surface area contributed by atoms with E-state index >= 15 is 0 Å². The van der Waals surface area contributed by atoms with Crippen LogP contribution in [0.5, 0.6) is 5.75 Å². The number of carbonyl (C=O) groups excluding carboxylic acids is 1. The third kappa shape index (κ3) is 4.33. The molecule has 0 unspecified atom stereocenters. The van der Waals surface area contributed by atoms with Crippen molar-refractivity contribution >= 4 is 40.2 Å². The van der Waals surface area contributed by atoms with E-state index in [4.69, 9.17) is 4.74 Å². The van der Waals surface area contributed by atoms with Crippen molar-refractivity contribution in [3.8, 4) is 16.2 Å². The molecule has 0 radical (unpaired) electrons. The number of benzene rings is 1. The summed E-state index contributed by atoms with van der Waals surface area (Å²) in [7, 11) is 0. The summed E-state index contributed by atoms with van der Waals surface area (Å²) in [6.45, 7) is 9.30. The molecule has 1 fully saturated rings. The highest BCUT2D eigenvalue weighted by Gasteiger charge is 2.27. The molecule has 2 aliphatic heterocycles. The number of aromatic hydroxyl groups is 1. The Kier molecular flexibility index (Phi) is 6.04. The van der Waals surface area contributed by atoms with Crippen molar-refractivity contribution in [3.63, 3.8) is 0 Å². The Morgan fingerprint density at radius 3 is 2.73 bits per heavy atom. The summed E-state index contributed by atoms with van der Waals surface area (Å²) in [5, 5.41) is 11.1. The fraction of sp³-hybridized carbons (Fsp3) is 0.391. The topological polar surface area (TPSA) is 62.1 Å². The number of thiophene rings is 1. The molecule has 0 saturated carbocycles. The summed E-state index contributed by atoms with van der Waals surface area (Å²) < 4.78 is 5.38. The van der Waals surface area contributed by atoms with Crippen LogP contribution in [0.25, 0.3) is 16.5 Å². The van der Waals surface area contributed by atoms with E-state index in [9.17, 15) is 9.90 Å². The second-order valence-electron chi connectivity index (χ2n) is 8.08. The maximum atomic E-state index is 12.4. The van der Waals surface area contributed by atoms with E-state index in [0.29, 0.717) is 23.9 Å². The fourth-order valence-corrected chi connectivity index (χ4v) is 5.40. The van der Waals surface area contributed by atoms with Crippen molar-refractivity contribution in [2.75, 3.05) is 26.3 Å². The van der Waals surface area contributed by atoms with E-state index < -0.39 is 0 Å². The molecule has 0 bridgehead atoms. The molecule has 1 amide bonds. The Morgan fingerprint density at radius 2 is 2.00 bits per heavy atom. The summed E-state index contributed by atoms with van der Waals surface area (Å²) in [6, 6.07) is 9.91. The van der Waals surface area contributed by atoms with Gasteiger partial charge in [-0.05, 0) is 65.6 Å². The quantitative estimate of drug-likeness (QED) is 0.667. The van der Waals surface area contributed by atoms with Crippen LogP contribution in [0.3, 0.4) is 0 Å². The lowest BCUT2D eigenvalue weighted by atomic mass is 9.81. The smallest absolute Gasteiger partial charge is 0.286 e. The number of amidine groups is 1. The van der Waals surface area contributed by atoms with E-state index in [1.54, 1.807) is 17.4 Å². The monoisotopic (exact) mass is 442 g/mol. The van der Waals surface area contributed by atoms with Gasteiger partial charge in [-0.2, -0.15) is 4.99 Å². The van der Waals surface area contributed by atoms with Crippen LogP contribution >= 0.6 is 23.1 Å². The first-order valence-corrected chi connectivity index (χ1v) is 11.8. The highest BCUT2D eigenvalue weighted by Crippen LogP contribution is 2.39. The lowest BCUT2D eigenvalue weighted by Crippen LogP contribution is -2.38. The van der Waals surface area contributed by atoms with E-state index in [2.05, 4.69) is 42.8 Å². The molecule has 2 aliphatic rings. The number of nitrogens with zero attached hydrogens (tertiary/aromatic N) is 2. The van der Waals surface area contributed by atoms with Gasteiger partial charge in [0.1, 0.15) is 5.75 Å². The molecule has 0 spiro atoms. The number of aliphatic imine (C=N–C) groups is 1. The van der Waals surface area contributed by atoms with Crippen LogP contribution in [-0.4, -0.2) is 47.4 Å². The largest absolute Gasteiger partial charge is 0.508 e. The summed E-state index contributed by atoms with van der Waals surface area (Å²) in [6.07, 6.45) is 2.87. The molecule has 3 heterocycles. The molecule has 5 nitrogen and oxygen atoms in total. The minimum atomic E-state index is -0.173. The van der Waals surface area contributed by atoms with Gasteiger partial charge in [0.15, 0.2) is 5.17 Å². The Bertz CT molecular complexity index is 1020. The number of ether oxygens (including phenoxy) is 1. The SMILES string of the molecule is CCC(C)(C)c1cc(-c2ccc(/C=C3/SC(N4CCOCC4)=NC3=O)s2)ccc1O. The second-order valence-corrected chi connectivity index (χ2v) is 10.2. The first-order chi connectivity index (χ1) is 14.4. The van der Waals surface area contributed by atoms with Gasteiger partial charge in [0.05, 0.1) is 18.1 Å². The van der Waals surface area contributed by atoms with Crippen molar-refractivity contribution in [2.24, 2.45) is 4.99 Å². The maximum absolute atomic E-state index is 12.4. The molecule has 30 heavy (non-hydrogen) atoms. The normalized spacial score (nSPS) is 18.9. The molecule has 1 saturated heterocycles. The van der Waals surface area contributed by atoms with Gasteiger partial charge in [-0.1, -0.05) is 20.8 Å². The van der Waals surface area contributed by atoms with Gasteiger partial charge in [-0.3, -0.25) is 4.79 Å². The minimum Gasteiger partial charge on any atom is -0.508 e. The molecule has 7 heteroatoms. The number of thioether (sulfide) groups is 1. The molecule has 0 atom stereocenters. The van der Waals surface area contributed by atoms with Crippen molar-refractivity contribution < 1.29 is 14.6 Å². The maximum Gasteiger partial charge on any atom is 0.286 e. The number of phenols is 1. The number of hydrogen-bond acceptors (Lipinski definition) is 6. The second kappa shape index (κ2) is 8.57. The van der Waals surface area contributed by atoms with Gasteiger partial charge in [-0.15, -0.1) is 11.3 Å². The van der Waals surface area contributed by atoms with Crippen LogP contribution in [-0.2, 0) is 14.9 Å². The molecular formula is C23H26N2O3S2. The van der Waals surface area contributed by atoms with Gasteiger partial charge in [-0.25, -0.2) is 0 Å². The number of hydrogen-bond donors (Lipinski definition) is 1. The zero-order chi connectivity index (χ0) is 21.3. The summed E-state index contributed by atoms with van der Waals surface area (Å²) in [5.74, 6) is 0.165. The van der Waals surface area contributed by atoms with Crippen molar-refractivity contribution in [3.05, 3.63) is 45.7 Å². The predicted molar refractivity (Wildman–Crippen MR) is 125 cm³/mol. The van der Waals surface area contributed by atoms with Crippen molar-refractivity contribution in [1.82, 2.24) is 4.90 Å². The van der Waals surface area contributed by atoms with Crippen molar-refractivity contribution in [1.29, 1.82) is 0 Å². The van der Waals surface area contributed by atoms with Crippen molar-refractivity contribution in [2.45, 2.75) is 32.6 Å². The first-order valence-electron chi connectivity index (χ1n) is 10.2. The average molecular weight is 443 g/mol. The minimum absolute atomic E-state index is 0.0949. The number of carbonyl (C=O) groups is 1. The van der Waals surface area contributed by atoms with Gasteiger partial charge in [0.2, 0.25) is 0 Å². The Hall–Kier alpha value is -2.09. The van der Waals surface area contributed by atoms with Crippen LogP contribution in [0, 0.1) is 0 Å². The van der Waals surface area contributed by atoms with E-state index in [1.165, 1.54) is 11.8 Å². The highest BCUT2D eigenvalue weighted by atomic mass is 32.2. The average Bonchev–Trinajstić information content (AvgIpc) is 3.36. The molecule has 158 valence electrons. The number of rotatable bonds is 4. The van der Waals surface area contributed by atoms with Gasteiger partial charge >= 0.3 is 0 Å². The van der Waals surface area contributed by atoms with Crippen LogP contribution in [0.15, 0.2) is 40.2 Å².